The second-order valence-corrected chi connectivity index (χ2v) is 4.10. The van der Waals surface area contributed by atoms with E-state index < -0.39 is 16.4 Å². The van der Waals surface area contributed by atoms with E-state index in [9.17, 15) is 14.9 Å². The molecule has 0 bridgehead atoms. The normalized spacial score (nSPS) is 11.4. The zero-order valence-corrected chi connectivity index (χ0v) is 8.59. The summed E-state index contributed by atoms with van der Waals surface area (Å²) in [6.07, 6.45) is -0.434. The quantitative estimate of drug-likeness (QED) is 0.564. The van der Waals surface area contributed by atoms with Gasteiger partial charge in [0.1, 0.15) is 11.9 Å². The lowest BCUT2D eigenvalue weighted by Gasteiger charge is -2.13. The second kappa shape index (κ2) is 3.34. The highest BCUT2D eigenvalue weighted by molar-refractivity contribution is 5.68. The zero-order valence-electron chi connectivity index (χ0n) is 8.59. The molecule has 0 radical (unpaired) electrons. The molecule has 1 N–H and O–H groups in total. The largest absolute Gasteiger partial charge is 0.463 e. The van der Waals surface area contributed by atoms with Gasteiger partial charge in [0.05, 0.1) is 4.92 Å². The van der Waals surface area contributed by atoms with Crippen LogP contribution in [0.5, 0.6) is 0 Å². The molecule has 1 rings (SSSR count). The van der Waals surface area contributed by atoms with Crippen LogP contribution in [-0.2, 0) is 5.41 Å². The number of hydrogen-bond donors (Lipinski definition) is 1. The maximum Gasteiger partial charge on any atom is 0.432 e. The van der Waals surface area contributed by atoms with Crippen LogP contribution >= 0.6 is 0 Å². The van der Waals surface area contributed by atoms with Gasteiger partial charge < -0.3 is 5.11 Å². The highest BCUT2D eigenvalue weighted by Crippen LogP contribution is 2.29. The summed E-state index contributed by atoms with van der Waals surface area (Å²) in [5, 5.41) is 23.0. The molecule has 15 heavy (non-hydrogen) atoms. The Labute approximate surface area is 85.5 Å². The number of carbonyl (C=O) groups is 1. The zero-order chi connectivity index (χ0) is 11.8. The average Bonchev–Trinajstić information content (AvgIpc) is 2.45. The van der Waals surface area contributed by atoms with Crippen molar-refractivity contribution in [1.29, 1.82) is 0 Å². The number of nitrogens with zero attached hydrogens (tertiary/aromatic N) is 3. The van der Waals surface area contributed by atoms with Gasteiger partial charge in [0.25, 0.3) is 0 Å². The van der Waals surface area contributed by atoms with Gasteiger partial charge in [-0.25, -0.2) is 4.79 Å². The van der Waals surface area contributed by atoms with E-state index in [1.807, 2.05) is 0 Å². The Morgan fingerprint density at radius 3 is 2.40 bits per heavy atom. The van der Waals surface area contributed by atoms with Crippen molar-refractivity contribution in [1.82, 2.24) is 9.78 Å². The van der Waals surface area contributed by atoms with Crippen LogP contribution in [-0.4, -0.2) is 25.9 Å². The minimum atomic E-state index is -1.34. The molecule has 7 nitrogen and oxygen atoms in total. The number of nitro groups is 1. The maximum atomic E-state index is 10.7. The first-order valence-electron chi connectivity index (χ1n) is 4.21. The molecule has 0 spiro atoms. The molecule has 0 atom stereocenters. The highest BCUT2D eigenvalue weighted by Gasteiger charge is 2.30. The lowest BCUT2D eigenvalue weighted by Crippen LogP contribution is -2.16. The van der Waals surface area contributed by atoms with Crippen molar-refractivity contribution in [2.75, 3.05) is 0 Å². The van der Waals surface area contributed by atoms with Gasteiger partial charge in [-0.05, 0) is 0 Å². The minimum Gasteiger partial charge on any atom is -0.463 e. The molecule has 82 valence electrons. The average molecular weight is 213 g/mol. The first kappa shape index (κ1) is 11.2. The van der Waals surface area contributed by atoms with Crippen LogP contribution in [0.1, 0.15) is 26.5 Å². The fourth-order valence-corrected chi connectivity index (χ4v) is 1.13. The smallest absolute Gasteiger partial charge is 0.432 e. The van der Waals surface area contributed by atoms with Gasteiger partial charge in [-0.1, -0.05) is 20.8 Å². The van der Waals surface area contributed by atoms with E-state index in [4.69, 9.17) is 5.11 Å². The molecule has 1 aromatic heterocycles. The van der Waals surface area contributed by atoms with Gasteiger partial charge >= 0.3 is 11.8 Å². The van der Waals surface area contributed by atoms with Gasteiger partial charge in [0.2, 0.25) is 0 Å². The lowest BCUT2D eigenvalue weighted by molar-refractivity contribution is -0.386. The molecule has 0 aliphatic heterocycles. The Kier molecular flexibility index (Phi) is 2.48. The molecule has 0 fully saturated rings. The number of hydrogen-bond acceptors (Lipinski definition) is 4. The predicted molar refractivity (Wildman–Crippen MR) is 51.0 cm³/mol. The Hall–Kier alpha value is -1.92. The summed E-state index contributed by atoms with van der Waals surface area (Å²) in [7, 11) is 0. The summed E-state index contributed by atoms with van der Waals surface area (Å²) >= 11 is 0. The first-order chi connectivity index (χ1) is 6.73. The van der Waals surface area contributed by atoms with E-state index in [2.05, 4.69) is 5.10 Å². The molecule has 0 saturated carbocycles. The maximum absolute atomic E-state index is 10.7. The molecular weight excluding hydrogens is 202 g/mol. The van der Waals surface area contributed by atoms with Crippen molar-refractivity contribution in [3.63, 3.8) is 0 Å². The van der Waals surface area contributed by atoms with E-state index in [1.54, 1.807) is 20.8 Å². The molecule has 0 aliphatic carbocycles. The summed E-state index contributed by atoms with van der Waals surface area (Å²) in [6, 6.07) is 0. The second-order valence-electron chi connectivity index (χ2n) is 4.10. The molecule has 1 heterocycles. The van der Waals surface area contributed by atoms with Crippen LogP contribution < -0.4 is 0 Å². The fourth-order valence-electron chi connectivity index (χ4n) is 1.13. The molecule has 0 unspecified atom stereocenters. The van der Waals surface area contributed by atoms with Crippen molar-refractivity contribution >= 4 is 11.8 Å². The van der Waals surface area contributed by atoms with Crippen LogP contribution in [0.3, 0.4) is 0 Å². The Morgan fingerprint density at radius 1 is 1.60 bits per heavy atom. The van der Waals surface area contributed by atoms with E-state index in [0.29, 0.717) is 4.68 Å². The van der Waals surface area contributed by atoms with E-state index >= 15 is 0 Å². The van der Waals surface area contributed by atoms with Crippen LogP contribution in [0.25, 0.3) is 0 Å². The SMILES string of the molecule is CC(C)(C)c1nn(C(=O)O)cc1[N+](=O)[O-]. The topological polar surface area (TPSA) is 98.3 Å². The molecule has 0 amide bonds. The van der Waals surface area contributed by atoms with Crippen molar-refractivity contribution in [3.05, 3.63) is 22.0 Å². The number of rotatable bonds is 1. The molecule has 7 heteroatoms. The predicted octanol–water partition coefficient (Wildman–Crippen LogP) is 1.61. The van der Waals surface area contributed by atoms with Crippen LogP contribution in [0, 0.1) is 10.1 Å². The van der Waals surface area contributed by atoms with Gasteiger partial charge in [0, 0.05) is 5.41 Å². The van der Waals surface area contributed by atoms with Crippen LogP contribution in [0.2, 0.25) is 0 Å². The molecule has 0 aliphatic rings. The lowest BCUT2D eigenvalue weighted by atomic mass is 9.91. The van der Waals surface area contributed by atoms with Gasteiger partial charge in [-0.3, -0.25) is 10.1 Å². The summed E-state index contributed by atoms with van der Waals surface area (Å²) < 4.78 is 0.554. The van der Waals surface area contributed by atoms with Gasteiger partial charge in [-0.15, -0.1) is 0 Å². The Bertz CT molecular complexity index is 416. The minimum absolute atomic E-state index is 0.162. The summed E-state index contributed by atoms with van der Waals surface area (Å²) in [5.41, 5.74) is -0.678. The molecule has 1 aromatic rings. The van der Waals surface area contributed by atoms with E-state index in [1.165, 1.54) is 0 Å². The number of aromatic nitrogens is 2. The molecule has 0 saturated heterocycles. The molecule has 0 aromatic carbocycles. The third-order valence-electron chi connectivity index (χ3n) is 1.80. The summed E-state index contributed by atoms with van der Waals surface area (Å²) in [5.74, 6) is 0. The highest BCUT2D eigenvalue weighted by atomic mass is 16.6. The standard InChI is InChI=1S/C8H11N3O4/c1-8(2,3)6-5(11(14)15)4-10(9-6)7(12)13/h4H,1-3H3,(H,12,13). The third kappa shape index (κ3) is 2.12. The first-order valence-corrected chi connectivity index (χ1v) is 4.21. The molecular formula is C8H11N3O4. The van der Waals surface area contributed by atoms with Crippen molar-refractivity contribution in [2.24, 2.45) is 0 Å². The third-order valence-corrected chi connectivity index (χ3v) is 1.80. The fraction of sp³-hybridized carbons (Fsp3) is 0.500. The Balaban J connectivity index is 3.37. The summed E-state index contributed by atoms with van der Waals surface area (Å²) in [6.45, 7) is 5.19. The Morgan fingerprint density at radius 2 is 2.13 bits per heavy atom. The van der Waals surface area contributed by atoms with Gasteiger partial charge in [0.15, 0.2) is 0 Å². The van der Waals surface area contributed by atoms with Crippen LogP contribution in [0.15, 0.2) is 6.20 Å². The monoisotopic (exact) mass is 213 g/mol. The van der Waals surface area contributed by atoms with E-state index in [-0.39, 0.29) is 11.4 Å². The van der Waals surface area contributed by atoms with Crippen molar-refractivity contribution < 1.29 is 14.8 Å². The van der Waals surface area contributed by atoms with Crippen molar-refractivity contribution in [2.45, 2.75) is 26.2 Å². The summed E-state index contributed by atoms with van der Waals surface area (Å²) in [4.78, 5) is 20.6. The van der Waals surface area contributed by atoms with Crippen LogP contribution in [0.4, 0.5) is 10.5 Å². The van der Waals surface area contributed by atoms with Gasteiger partial charge in [-0.2, -0.15) is 9.78 Å². The van der Waals surface area contributed by atoms with Crippen molar-refractivity contribution in [3.8, 4) is 0 Å². The van der Waals surface area contributed by atoms with E-state index in [0.717, 1.165) is 6.20 Å². The number of carboxylic acid groups (broad SMARTS) is 1.